The van der Waals surface area contributed by atoms with Gasteiger partial charge in [0.1, 0.15) is 17.4 Å². The van der Waals surface area contributed by atoms with Crippen molar-refractivity contribution >= 4 is 13.5 Å². The SMILES string of the molecule is O=C1C=C(O)C=C(NP(=O)(O)O)C1C(O)(O)CCCc1cccc(O)c1. The van der Waals surface area contributed by atoms with Crippen LogP contribution in [0.5, 0.6) is 5.75 Å². The number of hydrogen-bond donors (Lipinski definition) is 7. The number of carbonyl (C=O) groups is 1. The van der Waals surface area contributed by atoms with Crippen LogP contribution in [0.4, 0.5) is 0 Å². The first-order chi connectivity index (χ1) is 12.0. The summed E-state index contributed by atoms with van der Waals surface area (Å²) in [5.41, 5.74) is 0.267. The largest absolute Gasteiger partial charge is 0.508 e. The number of aromatic hydroxyl groups is 1. The van der Waals surface area contributed by atoms with E-state index in [1.54, 1.807) is 17.2 Å². The van der Waals surface area contributed by atoms with E-state index >= 15 is 0 Å². The predicted octanol–water partition coefficient (Wildman–Crippen LogP) is 0.603. The molecule has 0 aromatic heterocycles. The summed E-state index contributed by atoms with van der Waals surface area (Å²) in [6, 6.07) is 6.39. The number of aliphatic hydroxyl groups excluding tert-OH is 1. The van der Waals surface area contributed by atoms with Crippen molar-refractivity contribution in [3.63, 3.8) is 0 Å². The van der Waals surface area contributed by atoms with Gasteiger partial charge < -0.3 is 30.2 Å². The third kappa shape index (κ3) is 5.42. The Bertz CT molecular complexity index is 795. The van der Waals surface area contributed by atoms with Crippen molar-refractivity contribution in [2.24, 2.45) is 5.92 Å². The van der Waals surface area contributed by atoms with Gasteiger partial charge in [-0.3, -0.25) is 9.88 Å². The molecule has 1 aliphatic rings. The number of rotatable bonds is 7. The van der Waals surface area contributed by atoms with E-state index in [0.717, 1.165) is 17.7 Å². The Balaban J connectivity index is 2.12. The van der Waals surface area contributed by atoms with Crippen LogP contribution >= 0.6 is 7.75 Å². The lowest BCUT2D eigenvalue weighted by molar-refractivity contribution is -0.196. The molecule has 1 atom stereocenters. The third-order valence-electron chi connectivity index (χ3n) is 3.85. The average Bonchev–Trinajstić information content (AvgIpc) is 2.43. The molecular formula is C16H20NO8P. The van der Waals surface area contributed by atoms with Crippen LogP contribution in [0, 0.1) is 5.92 Å². The molecule has 26 heavy (non-hydrogen) atoms. The summed E-state index contributed by atoms with van der Waals surface area (Å²) in [7, 11) is -4.83. The van der Waals surface area contributed by atoms with E-state index in [1.807, 2.05) is 0 Å². The molecule has 0 amide bonds. The molecule has 0 saturated carbocycles. The van der Waals surface area contributed by atoms with Crippen molar-refractivity contribution in [2.45, 2.75) is 25.0 Å². The Morgan fingerprint density at radius 3 is 2.46 bits per heavy atom. The maximum Gasteiger partial charge on any atom is 0.427 e. The van der Waals surface area contributed by atoms with Gasteiger partial charge in [0.2, 0.25) is 0 Å². The van der Waals surface area contributed by atoms with Crippen molar-refractivity contribution in [3.05, 3.63) is 53.4 Å². The van der Waals surface area contributed by atoms with Crippen molar-refractivity contribution < 1.29 is 39.6 Å². The Hall–Kier alpha value is -2.16. The number of aryl methyl sites for hydroxylation is 1. The van der Waals surface area contributed by atoms with Gasteiger partial charge in [-0.2, -0.15) is 0 Å². The molecule has 0 saturated heterocycles. The minimum atomic E-state index is -4.83. The van der Waals surface area contributed by atoms with Gasteiger partial charge in [0, 0.05) is 24.3 Å². The quantitative estimate of drug-likeness (QED) is 0.263. The second-order valence-corrected chi connectivity index (χ2v) is 7.37. The highest BCUT2D eigenvalue weighted by Crippen LogP contribution is 2.38. The third-order valence-corrected chi connectivity index (χ3v) is 4.40. The van der Waals surface area contributed by atoms with Gasteiger partial charge in [0.15, 0.2) is 11.6 Å². The highest BCUT2D eigenvalue weighted by molar-refractivity contribution is 7.49. The van der Waals surface area contributed by atoms with Crippen LogP contribution in [0.3, 0.4) is 0 Å². The molecule has 0 fully saturated rings. The van der Waals surface area contributed by atoms with Crippen LogP contribution in [0.1, 0.15) is 18.4 Å². The van der Waals surface area contributed by atoms with Gasteiger partial charge in [-0.1, -0.05) is 12.1 Å². The molecule has 142 valence electrons. The fourth-order valence-corrected chi connectivity index (χ4v) is 3.35. The number of carbonyl (C=O) groups excluding carboxylic acids is 1. The van der Waals surface area contributed by atoms with E-state index in [-0.39, 0.29) is 18.6 Å². The number of nitrogens with one attached hydrogen (secondary N) is 1. The molecule has 10 heteroatoms. The van der Waals surface area contributed by atoms with Gasteiger partial charge in [-0.05, 0) is 30.5 Å². The Morgan fingerprint density at radius 2 is 1.85 bits per heavy atom. The second-order valence-electron chi connectivity index (χ2n) is 6.06. The summed E-state index contributed by atoms with van der Waals surface area (Å²) in [4.78, 5) is 30.2. The number of allylic oxidation sites excluding steroid dienone is 2. The molecule has 0 heterocycles. The minimum absolute atomic E-state index is 0.0703. The first kappa shape index (κ1) is 20.2. The lowest BCUT2D eigenvalue weighted by Gasteiger charge is -2.33. The van der Waals surface area contributed by atoms with Crippen LogP contribution in [-0.4, -0.2) is 41.8 Å². The van der Waals surface area contributed by atoms with Gasteiger partial charge >= 0.3 is 7.75 Å². The summed E-state index contributed by atoms with van der Waals surface area (Å²) in [6.45, 7) is 0. The number of phenols is 1. The normalized spacial score (nSPS) is 18.3. The van der Waals surface area contributed by atoms with Crippen molar-refractivity contribution in [3.8, 4) is 5.75 Å². The van der Waals surface area contributed by atoms with Crippen molar-refractivity contribution in [1.82, 2.24) is 5.09 Å². The average molecular weight is 385 g/mol. The zero-order chi connectivity index (χ0) is 19.5. The monoisotopic (exact) mass is 385 g/mol. The predicted molar refractivity (Wildman–Crippen MR) is 90.7 cm³/mol. The molecule has 0 spiro atoms. The number of aliphatic hydroxyl groups is 3. The zero-order valence-electron chi connectivity index (χ0n) is 13.6. The van der Waals surface area contributed by atoms with E-state index in [2.05, 4.69) is 0 Å². The lowest BCUT2D eigenvalue weighted by Crippen LogP contribution is -2.46. The van der Waals surface area contributed by atoms with Crippen LogP contribution in [0.15, 0.2) is 47.9 Å². The molecule has 0 radical (unpaired) electrons. The van der Waals surface area contributed by atoms with Crippen LogP contribution in [-0.2, 0) is 15.8 Å². The molecule has 1 aromatic rings. The number of benzene rings is 1. The van der Waals surface area contributed by atoms with E-state index in [0.29, 0.717) is 6.42 Å². The van der Waals surface area contributed by atoms with Gasteiger partial charge in [-0.25, -0.2) is 4.57 Å². The minimum Gasteiger partial charge on any atom is -0.508 e. The van der Waals surface area contributed by atoms with Crippen LogP contribution in [0.2, 0.25) is 0 Å². The molecule has 9 nitrogen and oxygen atoms in total. The fourth-order valence-electron chi connectivity index (χ4n) is 2.82. The number of phenolic OH excluding ortho intramolecular Hbond substituents is 1. The zero-order valence-corrected chi connectivity index (χ0v) is 14.5. The van der Waals surface area contributed by atoms with E-state index < -0.39 is 36.7 Å². The van der Waals surface area contributed by atoms with Crippen LogP contribution in [0.25, 0.3) is 0 Å². The highest BCUT2D eigenvalue weighted by Gasteiger charge is 2.44. The van der Waals surface area contributed by atoms with Gasteiger partial charge in [0.25, 0.3) is 0 Å². The molecule has 1 unspecified atom stereocenters. The number of ketones is 1. The second kappa shape index (κ2) is 7.61. The van der Waals surface area contributed by atoms with Gasteiger partial charge in [0.05, 0.1) is 0 Å². The standard InChI is InChI=1S/C16H20NO8P/c18-11-5-1-3-10(7-11)4-2-6-16(21,22)15-13(17-26(23,24)25)8-12(19)9-14(15)20/h1,3,5,7-9,15,18-19,21-22H,2,4,6H2,(H3,17,23,24,25). The molecule has 2 rings (SSSR count). The first-order valence-electron chi connectivity index (χ1n) is 7.70. The maximum absolute atomic E-state index is 12.1. The molecule has 0 aliphatic heterocycles. The smallest absolute Gasteiger partial charge is 0.427 e. The summed E-state index contributed by atoms with van der Waals surface area (Å²) < 4.78 is 11.2. The van der Waals surface area contributed by atoms with E-state index in [1.165, 1.54) is 12.1 Å². The van der Waals surface area contributed by atoms with Crippen molar-refractivity contribution in [2.75, 3.05) is 0 Å². The van der Waals surface area contributed by atoms with Crippen molar-refractivity contribution in [1.29, 1.82) is 0 Å². The summed E-state index contributed by atoms with van der Waals surface area (Å²) in [6.07, 6.45) is 1.94. The van der Waals surface area contributed by atoms with Gasteiger partial charge in [-0.15, -0.1) is 0 Å². The molecule has 0 bridgehead atoms. The summed E-state index contributed by atoms with van der Waals surface area (Å²) in [5, 5.41) is 41.3. The van der Waals surface area contributed by atoms with E-state index in [4.69, 9.17) is 9.79 Å². The lowest BCUT2D eigenvalue weighted by atomic mass is 9.84. The Kier molecular flexibility index (Phi) is 5.90. The summed E-state index contributed by atoms with van der Waals surface area (Å²) >= 11 is 0. The molecule has 1 aliphatic carbocycles. The molecule has 7 N–H and O–H groups in total. The maximum atomic E-state index is 12.1. The van der Waals surface area contributed by atoms with Crippen LogP contribution < -0.4 is 5.09 Å². The number of hydrogen-bond acceptors (Lipinski definition) is 6. The molecule has 1 aromatic carbocycles. The van der Waals surface area contributed by atoms with E-state index in [9.17, 15) is 29.8 Å². The Labute approximate surface area is 149 Å². The Morgan fingerprint density at radius 1 is 1.15 bits per heavy atom. The first-order valence-corrected chi connectivity index (χ1v) is 9.32. The fraction of sp³-hybridized carbons (Fsp3) is 0.312. The summed E-state index contributed by atoms with van der Waals surface area (Å²) in [5.74, 6) is -5.67. The highest BCUT2D eigenvalue weighted by atomic mass is 31.2. The topological polar surface area (TPSA) is 168 Å². The molecular weight excluding hydrogens is 365 g/mol.